The van der Waals surface area contributed by atoms with Crippen molar-refractivity contribution in [2.24, 2.45) is 0 Å². The molecule has 0 saturated carbocycles. The Hall–Kier alpha value is -2.99. The van der Waals surface area contributed by atoms with Crippen LogP contribution < -0.4 is 4.74 Å². The lowest BCUT2D eigenvalue weighted by Crippen LogP contribution is -2.41. The van der Waals surface area contributed by atoms with Gasteiger partial charge in [0.2, 0.25) is 11.5 Å². The number of carboxylic acid groups (broad SMARTS) is 1. The lowest BCUT2D eigenvalue weighted by Gasteiger charge is -2.27. The second-order valence-corrected chi connectivity index (χ2v) is 10.3. The zero-order valence-electron chi connectivity index (χ0n) is 19.7. The van der Waals surface area contributed by atoms with Gasteiger partial charge in [0.1, 0.15) is 11.5 Å². The van der Waals surface area contributed by atoms with E-state index in [1.807, 2.05) is 55.5 Å². The van der Waals surface area contributed by atoms with Crippen LogP contribution in [-0.4, -0.2) is 26.9 Å². The molecule has 0 fully saturated rings. The van der Waals surface area contributed by atoms with E-state index in [2.05, 4.69) is 6.08 Å². The lowest BCUT2D eigenvalue weighted by molar-refractivity contribution is -0.153. The first kappa shape index (κ1) is 24.1. The molecule has 5 nitrogen and oxygen atoms in total. The van der Waals surface area contributed by atoms with E-state index in [4.69, 9.17) is 14.1 Å². The molecule has 2 aromatic carbocycles. The molecule has 4 rings (SSSR count). The molecule has 2 unspecified atom stereocenters. The summed E-state index contributed by atoms with van der Waals surface area (Å²) in [6.07, 6.45) is 7.68. The molecule has 2 heterocycles. The van der Waals surface area contributed by atoms with Crippen LogP contribution in [0.1, 0.15) is 50.5 Å². The number of oxazole rings is 1. The summed E-state index contributed by atoms with van der Waals surface area (Å²) in [7, 11) is 0. The van der Waals surface area contributed by atoms with Gasteiger partial charge in [-0.05, 0) is 68.7 Å². The number of carbonyl (C=O) groups is 1. The van der Waals surface area contributed by atoms with Crippen LogP contribution in [0.4, 0.5) is 0 Å². The number of ether oxygens (including phenoxy) is 1. The number of hydrogen-bond acceptors (Lipinski definition) is 5. The van der Waals surface area contributed by atoms with Crippen molar-refractivity contribution < 1.29 is 19.1 Å². The predicted octanol–water partition coefficient (Wildman–Crippen LogP) is 7.06. The third-order valence-corrected chi connectivity index (χ3v) is 7.46. The Bertz CT molecular complexity index is 1130. The highest BCUT2D eigenvalue weighted by Gasteiger charge is 2.38. The molecule has 1 aliphatic rings. The average molecular weight is 478 g/mol. The topological polar surface area (TPSA) is 72.6 Å². The van der Waals surface area contributed by atoms with Crippen LogP contribution in [0.2, 0.25) is 0 Å². The van der Waals surface area contributed by atoms with E-state index < -0.39 is 11.6 Å². The molecule has 0 spiro atoms. The number of rotatable bonds is 11. The number of benzene rings is 2. The van der Waals surface area contributed by atoms with Crippen LogP contribution in [0, 0.1) is 6.92 Å². The number of unbranched alkanes of at least 4 members (excludes halogenated alkanes) is 1. The van der Waals surface area contributed by atoms with Crippen LogP contribution in [0.15, 0.2) is 76.1 Å². The Labute approximate surface area is 205 Å². The lowest BCUT2D eigenvalue weighted by atomic mass is 10.0. The molecule has 3 aromatic rings. The monoisotopic (exact) mass is 477 g/mol. The minimum absolute atomic E-state index is 0.374. The fraction of sp³-hybridized carbons (Fsp3) is 0.357. The van der Waals surface area contributed by atoms with Crippen LogP contribution >= 0.6 is 11.8 Å². The number of para-hydroxylation sites is 1. The highest BCUT2D eigenvalue weighted by atomic mass is 32.2. The Morgan fingerprint density at radius 2 is 1.85 bits per heavy atom. The van der Waals surface area contributed by atoms with Gasteiger partial charge in [0, 0.05) is 17.2 Å². The summed E-state index contributed by atoms with van der Waals surface area (Å²) in [5, 5.41) is 10.3. The van der Waals surface area contributed by atoms with E-state index >= 15 is 0 Å². The molecular formula is C28H31NO4S. The predicted molar refractivity (Wildman–Crippen MR) is 136 cm³/mol. The minimum Gasteiger partial charge on any atom is -0.478 e. The molecule has 0 bridgehead atoms. The summed E-state index contributed by atoms with van der Waals surface area (Å²) >= 11 is 1.80. The largest absolute Gasteiger partial charge is 0.478 e. The quantitative estimate of drug-likeness (QED) is 0.298. The summed E-state index contributed by atoms with van der Waals surface area (Å²) in [5.74, 6) is 1.21. The number of allylic oxidation sites excluding steroid dienone is 1. The maximum atomic E-state index is 12.0. The van der Waals surface area contributed by atoms with Gasteiger partial charge >= 0.3 is 5.97 Å². The molecular weight excluding hydrogens is 446 g/mol. The summed E-state index contributed by atoms with van der Waals surface area (Å²) in [4.78, 5) is 17.8. The number of aryl methyl sites for hydroxylation is 2. The molecule has 0 aliphatic carbocycles. The van der Waals surface area contributed by atoms with Gasteiger partial charge in [-0.25, -0.2) is 9.78 Å². The molecule has 178 valence electrons. The summed E-state index contributed by atoms with van der Waals surface area (Å²) in [6.45, 7) is 3.63. The van der Waals surface area contributed by atoms with Crippen molar-refractivity contribution >= 4 is 17.7 Å². The first-order valence-corrected chi connectivity index (χ1v) is 12.7. The molecule has 1 N–H and O–H groups in total. The van der Waals surface area contributed by atoms with Gasteiger partial charge in [-0.3, -0.25) is 0 Å². The Balaban J connectivity index is 1.23. The van der Waals surface area contributed by atoms with Crippen molar-refractivity contribution in [2.75, 3.05) is 0 Å². The van der Waals surface area contributed by atoms with Gasteiger partial charge < -0.3 is 14.3 Å². The number of aromatic nitrogens is 1. The first-order chi connectivity index (χ1) is 16.4. The van der Waals surface area contributed by atoms with Gasteiger partial charge in [-0.15, -0.1) is 11.8 Å². The van der Waals surface area contributed by atoms with Gasteiger partial charge in [-0.1, -0.05) is 48.9 Å². The maximum absolute atomic E-state index is 12.0. The summed E-state index contributed by atoms with van der Waals surface area (Å²) < 4.78 is 11.8. The molecule has 1 aliphatic heterocycles. The zero-order valence-corrected chi connectivity index (χ0v) is 20.5. The molecule has 34 heavy (non-hydrogen) atoms. The second-order valence-electron chi connectivity index (χ2n) is 8.91. The fourth-order valence-corrected chi connectivity index (χ4v) is 5.59. The highest BCUT2D eigenvalue weighted by Crippen LogP contribution is 2.40. The van der Waals surface area contributed by atoms with Crippen molar-refractivity contribution in [3.8, 4) is 17.2 Å². The Morgan fingerprint density at radius 1 is 1.15 bits per heavy atom. The highest BCUT2D eigenvalue weighted by molar-refractivity contribution is 8.03. The zero-order chi connectivity index (χ0) is 24.0. The third-order valence-electron chi connectivity index (χ3n) is 6.08. The van der Waals surface area contributed by atoms with Crippen LogP contribution in [-0.2, 0) is 11.2 Å². The smallest absolute Gasteiger partial charge is 0.348 e. The standard InChI is InChI=1S/C28H31NO4S/c1-20-25(29-26(32-20)21-11-5-3-6-12-21)16-10-9-15-23-17-18-24(34-23)19-28(2,27(30)31)33-22-13-7-4-8-14-22/h3-8,11-14,18,23H,9-10,15-17,19H2,1-2H3,(H,30,31). The van der Waals surface area contributed by atoms with E-state index in [1.165, 1.54) is 0 Å². The number of thioether (sulfide) groups is 1. The number of hydrogen-bond donors (Lipinski definition) is 1. The SMILES string of the molecule is Cc1oc(-c2ccccc2)nc1CCCCC1CC=C(CC(C)(Oc2ccccc2)C(=O)O)S1. The molecule has 0 amide bonds. The normalized spacial score (nSPS) is 17.2. The number of carboxylic acids is 1. The minimum atomic E-state index is -1.28. The molecule has 1 aromatic heterocycles. The van der Waals surface area contributed by atoms with Gasteiger partial charge in [0.05, 0.1) is 5.69 Å². The molecule has 0 radical (unpaired) electrons. The second kappa shape index (κ2) is 11.0. The van der Waals surface area contributed by atoms with Crippen molar-refractivity contribution in [3.05, 3.63) is 83.1 Å². The van der Waals surface area contributed by atoms with E-state index in [9.17, 15) is 9.90 Å². The molecule has 0 saturated heterocycles. The van der Waals surface area contributed by atoms with E-state index in [0.717, 1.165) is 54.0 Å². The van der Waals surface area contributed by atoms with Crippen molar-refractivity contribution in [2.45, 2.75) is 63.2 Å². The fourth-order valence-electron chi connectivity index (χ4n) is 4.13. The third kappa shape index (κ3) is 6.11. The Morgan fingerprint density at radius 3 is 2.56 bits per heavy atom. The van der Waals surface area contributed by atoms with Gasteiger partial charge in [0.25, 0.3) is 0 Å². The number of aliphatic carboxylic acids is 1. The van der Waals surface area contributed by atoms with Crippen LogP contribution in [0.3, 0.4) is 0 Å². The van der Waals surface area contributed by atoms with Gasteiger partial charge in [0.15, 0.2) is 0 Å². The molecule has 6 heteroatoms. The number of nitrogens with zero attached hydrogens (tertiary/aromatic N) is 1. The van der Waals surface area contributed by atoms with Gasteiger partial charge in [-0.2, -0.15) is 0 Å². The van der Waals surface area contributed by atoms with Crippen LogP contribution in [0.25, 0.3) is 11.5 Å². The van der Waals surface area contributed by atoms with Crippen molar-refractivity contribution in [1.29, 1.82) is 0 Å². The molecule has 2 atom stereocenters. The van der Waals surface area contributed by atoms with Crippen molar-refractivity contribution in [3.63, 3.8) is 0 Å². The van der Waals surface area contributed by atoms with E-state index in [1.54, 1.807) is 30.8 Å². The van der Waals surface area contributed by atoms with Crippen LogP contribution in [0.5, 0.6) is 5.75 Å². The van der Waals surface area contributed by atoms with E-state index in [0.29, 0.717) is 23.3 Å². The summed E-state index contributed by atoms with van der Waals surface area (Å²) in [6, 6.07) is 19.1. The van der Waals surface area contributed by atoms with E-state index in [-0.39, 0.29) is 0 Å². The summed E-state index contributed by atoms with van der Waals surface area (Å²) in [5.41, 5.74) is 0.755. The maximum Gasteiger partial charge on any atom is 0.348 e. The Kier molecular flexibility index (Phi) is 7.78. The average Bonchev–Trinajstić information content (AvgIpc) is 3.43. The van der Waals surface area contributed by atoms with Crippen molar-refractivity contribution in [1.82, 2.24) is 4.98 Å². The first-order valence-electron chi connectivity index (χ1n) is 11.8.